The molecular formula is C19H20N2O3. The smallest absolute Gasteiger partial charge is 0.265 e. The molecule has 5 heteroatoms. The van der Waals surface area contributed by atoms with E-state index >= 15 is 0 Å². The molecule has 5 nitrogen and oxygen atoms in total. The first-order chi connectivity index (χ1) is 11.7. The van der Waals surface area contributed by atoms with Gasteiger partial charge in [-0.1, -0.05) is 42.5 Å². The molecule has 0 bridgehead atoms. The normalized spacial score (nSPS) is 13.2. The lowest BCUT2D eigenvalue weighted by Gasteiger charge is -2.28. The number of fused-ring (bicyclic) bond motifs is 1. The number of para-hydroxylation sites is 2. The van der Waals surface area contributed by atoms with Crippen LogP contribution in [-0.4, -0.2) is 31.5 Å². The minimum Gasteiger partial charge on any atom is -0.482 e. The molecule has 3 rings (SSSR count). The fraction of sp³-hybridized carbons (Fsp3) is 0.263. The van der Waals surface area contributed by atoms with E-state index in [-0.39, 0.29) is 25.0 Å². The van der Waals surface area contributed by atoms with Gasteiger partial charge in [-0.3, -0.25) is 14.5 Å². The number of nitrogens with zero attached hydrogens (tertiary/aromatic N) is 1. The van der Waals surface area contributed by atoms with Gasteiger partial charge in [0.2, 0.25) is 5.91 Å². The van der Waals surface area contributed by atoms with Gasteiger partial charge >= 0.3 is 0 Å². The van der Waals surface area contributed by atoms with Crippen molar-refractivity contribution in [2.24, 2.45) is 0 Å². The zero-order chi connectivity index (χ0) is 16.8. The first-order valence-corrected chi connectivity index (χ1v) is 8.07. The first-order valence-electron chi connectivity index (χ1n) is 8.07. The van der Waals surface area contributed by atoms with E-state index in [9.17, 15) is 9.59 Å². The summed E-state index contributed by atoms with van der Waals surface area (Å²) in [5.41, 5.74) is 1.90. The van der Waals surface area contributed by atoms with Crippen molar-refractivity contribution in [3.05, 3.63) is 60.2 Å². The highest BCUT2D eigenvalue weighted by atomic mass is 16.5. The van der Waals surface area contributed by atoms with Gasteiger partial charge in [-0.25, -0.2) is 0 Å². The summed E-state index contributed by atoms with van der Waals surface area (Å²) in [5, 5.41) is 2.88. The van der Waals surface area contributed by atoms with Crippen molar-refractivity contribution in [1.29, 1.82) is 0 Å². The van der Waals surface area contributed by atoms with Crippen molar-refractivity contribution in [2.45, 2.75) is 12.8 Å². The van der Waals surface area contributed by atoms with Crippen LogP contribution in [0.25, 0.3) is 0 Å². The predicted molar refractivity (Wildman–Crippen MR) is 92.1 cm³/mol. The fourth-order valence-corrected chi connectivity index (χ4v) is 2.69. The Labute approximate surface area is 141 Å². The predicted octanol–water partition coefficient (Wildman–Crippen LogP) is 2.16. The van der Waals surface area contributed by atoms with Crippen molar-refractivity contribution in [3.8, 4) is 5.75 Å². The average molecular weight is 324 g/mol. The van der Waals surface area contributed by atoms with Crippen LogP contribution in [0.1, 0.15) is 12.0 Å². The zero-order valence-electron chi connectivity index (χ0n) is 13.4. The molecule has 0 spiro atoms. The minimum absolute atomic E-state index is 0.0184. The SMILES string of the molecule is O=C(CN1C(=O)COc2ccccc21)NCCCc1ccccc1. The maximum atomic E-state index is 12.1. The Kier molecular flexibility index (Phi) is 5.11. The number of aryl methyl sites for hydroxylation is 1. The van der Waals surface area contributed by atoms with Gasteiger partial charge in [-0.05, 0) is 30.5 Å². The van der Waals surface area contributed by atoms with Crippen molar-refractivity contribution < 1.29 is 14.3 Å². The molecule has 0 atom stereocenters. The summed E-state index contributed by atoms with van der Waals surface area (Å²) in [6.45, 7) is 0.580. The Morgan fingerprint density at radius 1 is 1.08 bits per heavy atom. The Hall–Kier alpha value is -2.82. The van der Waals surface area contributed by atoms with Gasteiger partial charge in [0.05, 0.1) is 5.69 Å². The van der Waals surface area contributed by atoms with Crippen LogP contribution >= 0.6 is 0 Å². The monoisotopic (exact) mass is 324 g/mol. The molecule has 2 aromatic carbocycles. The summed E-state index contributed by atoms with van der Waals surface area (Å²) in [6.07, 6.45) is 1.78. The summed E-state index contributed by atoms with van der Waals surface area (Å²) in [4.78, 5) is 25.6. The number of carbonyl (C=O) groups is 2. The molecule has 24 heavy (non-hydrogen) atoms. The van der Waals surface area contributed by atoms with Crippen LogP contribution in [0.5, 0.6) is 5.75 Å². The van der Waals surface area contributed by atoms with Crippen LogP contribution < -0.4 is 15.0 Å². The maximum Gasteiger partial charge on any atom is 0.265 e. The third kappa shape index (κ3) is 3.93. The highest BCUT2D eigenvalue weighted by molar-refractivity contribution is 6.02. The van der Waals surface area contributed by atoms with Crippen LogP contribution in [0.4, 0.5) is 5.69 Å². The second-order valence-electron chi connectivity index (χ2n) is 5.68. The second-order valence-corrected chi connectivity index (χ2v) is 5.68. The van der Waals surface area contributed by atoms with Gasteiger partial charge in [0.1, 0.15) is 12.3 Å². The van der Waals surface area contributed by atoms with Gasteiger partial charge < -0.3 is 10.1 Å². The molecule has 0 radical (unpaired) electrons. The maximum absolute atomic E-state index is 12.1. The Morgan fingerprint density at radius 3 is 2.67 bits per heavy atom. The van der Waals surface area contributed by atoms with Crippen molar-refractivity contribution in [3.63, 3.8) is 0 Å². The molecule has 0 unspecified atom stereocenters. The summed E-state index contributed by atoms with van der Waals surface area (Å²) >= 11 is 0. The van der Waals surface area contributed by atoms with Gasteiger partial charge in [-0.2, -0.15) is 0 Å². The summed E-state index contributed by atoms with van der Waals surface area (Å²) in [7, 11) is 0. The molecule has 0 aliphatic carbocycles. The zero-order valence-corrected chi connectivity index (χ0v) is 13.4. The molecule has 124 valence electrons. The quantitative estimate of drug-likeness (QED) is 0.829. The van der Waals surface area contributed by atoms with Gasteiger partial charge in [0.15, 0.2) is 6.61 Å². The molecule has 0 saturated carbocycles. The van der Waals surface area contributed by atoms with Crippen LogP contribution in [0, 0.1) is 0 Å². The molecule has 1 N–H and O–H groups in total. The third-order valence-corrected chi connectivity index (χ3v) is 3.92. The average Bonchev–Trinajstić information content (AvgIpc) is 2.62. The van der Waals surface area contributed by atoms with Gasteiger partial charge in [0, 0.05) is 6.54 Å². The molecule has 1 heterocycles. The Balaban J connectivity index is 1.49. The molecule has 0 saturated heterocycles. The molecule has 1 aliphatic heterocycles. The van der Waals surface area contributed by atoms with Gasteiger partial charge in [0.25, 0.3) is 5.91 Å². The van der Waals surface area contributed by atoms with E-state index in [1.807, 2.05) is 30.3 Å². The fourth-order valence-electron chi connectivity index (χ4n) is 2.69. The van der Waals surface area contributed by atoms with Gasteiger partial charge in [-0.15, -0.1) is 0 Å². The molecule has 2 aromatic rings. The Bertz CT molecular complexity index is 716. The van der Waals surface area contributed by atoms with Crippen molar-refractivity contribution in [2.75, 3.05) is 24.6 Å². The minimum atomic E-state index is -0.201. The van der Waals surface area contributed by atoms with Crippen LogP contribution in [0.3, 0.4) is 0 Å². The van der Waals surface area contributed by atoms with E-state index in [4.69, 9.17) is 4.74 Å². The summed E-state index contributed by atoms with van der Waals surface area (Å²) in [6, 6.07) is 17.4. The highest BCUT2D eigenvalue weighted by Crippen LogP contribution is 2.31. The molecular weight excluding hydrogens is 304 g/mol. The first kappa shape index (κ1) is 16.1. The lowest BCUT2D eigenvalue weighted by Crippen LogP contribution is -2.45. The third-order valence-electron chi connectivity index (χ3n) is 3.92. The van der Waals surface area contributed by atoms with E-state index in [1.54, 1.807) is 12.1 Å². The molecule has 2 amide bonds. The summed E-state index contributed by atoms with van der Waals surface area (Å²) < 4.78 is 5.37. The van der Waals surface area contributed by atoms with E-state index in [2.05, 4.69) is 17.4 Å². The highest BCUT2D eigenvalue weighted by Gasteiger charge is 2.26. The number of rotatable bonds is 6. The number of ether oxygens (including phenoxy) is 1. The van der Waals surface area contributed by atoms with Crippen molar-refractivity contribution >= 4 is 17.5 Å². The number of amides is 2. The van der Waals surface area contributed by atoms with Crippen LogP contribution in [0.2, 0.25) is 0 Å². The number of hydrogen-bond donors (Lipinski definition) is 1. The number of nitrogens with one attached hydrogen (secondary N) is 1. The second kappa shape index (κ2) is 7.64. The molecule has 0 fully saturated rings. The number of carbonyl (C=O) groups excluding carboxylic acids is 2. The van der Waals surface area contributed by atoms with Crippen LogP contribution in [0.15, 0.2) is 54.6 Å². The number of benzene rings is 2. The van der Waals surface area contributed by atoms with E-state index in [0.717, 1.165) is 12.8 Å². The summed E-state index contributed by atoms with van der Waals surface area (Å²) in [5.74, 6) is 0.273. The molecule has 1 aliphatic rings. The van der Waals surface area contributed by atoms with E-state index < -0.39 is 0 Å². The Morgan fingerprint density at radius 2 is 1.83 bits per heavy atom. The lowest BCUT2D eigenvalue weighted by atomic mass is 10.1. The lowest BCUT2D eigenvalue weighted by molar-refractivity contribution is -0.125. The topological polar surface area (TPSA) is 58.6 Å². The largest absolute Gasteiger partial charge is 0.482 e. The number of anilines is 1. The van der Waals surface area contributed by atoms with Crippen LogP contribution in [-0.2, 0) is 16.0 Å². The number of hydrogen-bond acceptors (Lipinski definition) is 3. The van der Waals surface area contributed by atoms with Crippen molar-refractivity contribution in [1.82, 2.24) is 5.32 Å². The van der Waals surface area contributed by atoms with E-state index in [0.29, 0.717) is 18.0 Å². The van der Waals surface area contributed by atoms with E-state index in [1.165, 1.54) is 10.5 Å². The standard InChI is InChI=1S/C19H20N2O3/c22-18(20-12-6-9-15-7-2-1-3-8-15)13-21-16-10-4-5-11-17(16)24-14-19(21)23/h1-5,7-8,10-11H,6,9,12-14H2,(H,20,22). The molecule has 0 aromatic heterocycles.